The number of amides is 1. The maximum Gasteiger partial charge on any atom is 0.410 e. The van der Waals surface area contributed by atoms with E-state index < -0.39 is 5.60 Å². The van der Waals surface area contributed by atoms with E-state index in [1.54, 1.807) is 4.90 Å². The Hall–Kier alpha value is -1.06. The summed E-state index contributed by atoms with van der Waals surface area (Å²) in [6.45, 7) is 5.63. The number of carbonyl (C=O) groups is 2. The monoisotopic (exact) mass is 227 g/mol. The van der Waals surface area contributed by atoms with Crippen molar-refractivity contribution in [2.45, 2.75) is 58.1 Å². The number of ether oxygens (including phenoxy) is 1. The molecule has 4 nitrogen and oxygen atoms in total. The number of aldehydes is 1. The third-order valence-electron chi connectivity index (χ3n) is 2.66. The summed E-state index contributed by atoms with van der Waals surface area (Å²) in [5.74, 6) is 0. The molecule has 0 spiro atoms. The third-order valence-corrected chi connectivity index (χ3v) is 2.66. The van der Waals surface area contributed by atoms with Gasteiger partial charge in [0.15, 0.2) is 0 Å². The van der Waals surface area contributed by atoms with Crippen molar-refractivity contribution in [3.8, 4) is 0 Å². The van der Waals surface area contributed by atoms with Crippen LogP contribution < -0.4 is 0 Å². The first-order valence-electron chi connectivity index (χ1n) is 5.87. The standard InChI is InChI=1S/C12H21NO3/c1-12(2,3)16-11(15)13(8-9-14)10-6-4-5-7-10/h9-10H,4-8H2,1-3H3. The largest absolute Gasteiger partial charge is 0.444 e. The summed E-state index contributed by atoms with van der Waals surface area (Å²) >= 11 is 0. The molecule has 1 aliphatic carbocycles. The molecule has 4 heteroatoms. The summed E-state index contributed by atoms with van der Waals surface area (Å²) < 4.78 is 5.29. The summed E-state index contributed by atoms with van der Waals surface area (Å²) in [5, 5.41) is 0. The van der Waals surface area contributed by atoms with Crippen LogP contribution in [0.5, 0.6) is 0 Å². The van der Waals surface area contributed by atoms with Gasteiger partial charge in [-0.2, -0.15) is 0 Å². The van der Waals surface area contributed by atoms with Crippen LogP contribution in [0, 0.1) is 0 Å². The zero-order valence-corrected chi connectivity index (χ0v) is 10.4. The average molecular weight is 227 g/mol. The van der Waals surface area contributed by atoms with Gasteiger partial charge in [-0.3, -0.25) is 4.90 Å². The highest BCUT2D eigenvalue weighted by Gasteiger charge is 2.29. The van der Waals surface area contributed by atoms with E-state index in [4.69, 9.17) is 4.74 Å². The fraction of sp³-hybridized carbons (Fsp3) is 0.833. The SMILES string of the molecule is CC(C)(C)OC(=O)N(CC=O)C1CCCC1. The molecule has 0 aromatic heterocycles. The Morgan fingerprint density at radius 3 is 2.38 bits per heavy atom. The lowest BCUT2D eigenvalue weighted by Crippen LogP contribution is -2.43. The van der Waals surface area contributed by atoms with Crippen molar-refractivity contribution in [3.63, 3.8) is 0 Å². The summed E-state index contributed by atoms with van der Waals surface area (Å²) in [5.41, 5.74) is -0.503. The summed E-state index contributed by atoms with van der Waals surface area (Å²) in [4.78, 5) is 24.0. The van der Waals surface area contributed by atoms with Gasteiger partial charge in [0.2, 0.25) is 0 Å². The predicted octanol–water partition coefficient (Wildman–Crippen LogP) is 2.37. The zero-order valence-electron chi connectivity index (χ0n) is 10.4. The van der Waals surface area contributed by atoms with Gasteiger partial charge in [0.05, 0.1) is 6.54 Å². The molecule has 0 unspecified atom stereocenters. The molecular weight excluding hydrogens is 206 g/mol. The molecule has 0 aliphatic heterocycles. The summed E-state index contributed by atoms with van der Waals surface area (Å²) in [7, 11) is 0. The maximum atomic E-state index is 11.9. The first-order valence-corrected chi connectivity index (χ1v) is 5.87. The van der Waals surface area contributed by atoms with Crippen LogP contribution in [0.25, 0.3) is 0 Å². The van der Waals surface area contributed by atoms with Gasteiger partial charge in [0, 0.05) is 6.04 Å². The molecule has 1 rings (SSSR count). The van der Waals surface area contributed by atoms with Crippen LogP contribution in [0.3, 0.4) is 0 Å². The van der Waals surface area contributed by atoms with E-state index in [0.717, 1.165) is 32.0 Å². The number of nitrogens with zero attached hydrogens (tertiary/aromatic N) is 1. The highest BCUT2D eigenvalue weighted by atomic mass is 16.6. The highest BCUT2D eigenvalue weighted by molar-refractivity contribution is 5.72. The Balaban J connectivity index is 2.61. The highest BCUT2D eigenvalue weighted by Crippen LogP contribution is 2.24. The lowest BCUT2D eigenvalue weighted by atomic mass is 10.2. The van der Waals surface area contributed by atoms with Crippen LogP contribution in [-0.2, 0) is 9.53 Å². The van der Waals surface area contributed by atoms with Gasteiger partial charge in [-0.25, -0.2) is 4.79 Å². The third kappa shape index (κ3) is 3.83. The van der Waals surface area contributed by atoms with E-state index in [2.05, 4.69) is 0 Å². The topological polar surface area (TPSA) is 46.6 Å². The van der Waals surface area contributed by atoms with Crippen LogP contribution in [0.15, 0.2) is 0 Å². The molecule has 1 fully saturated rings. The Labute approximate surface area is 96.9 Å². The fourth-order valence-electron chi connectivity index (χ4n) is 1.99. The molecule has 16 heavy (non-hydrogen) atoms. The Morgan fingerprint density at radius 1 is 1.38 bits per heavy atom. The normalized spacial score (nSPS) is 17.2. The van der Waals surface area contributed by atoms with Crippen molar-refractivity contribution in [1.82, 2.24) is 4.90 Å². The Bertz CT molecular complexity index is 251. The molecule has 0 saturated heterocycles. The van der Waals surface area contributed by atoms with Gasteiger partial charge in [-0.15, -0.1) is 0 Å². The van der Waals surface area contributed by atoms with E-state index in [0.29, 0.717) is 0 Å². The smallest absolute Gasteiger partial charge is 0.410 e. The van der Waals surface area contributed by atoms with Gasteiger partial charge < -0.3 is 9.53 Å². The van der Waals surface area contributed by atoms with E-state index in [1.807, 2.05) is 20.8 Å². The number of rotatable bonds is 3. The minimum atomic E-state index is -0.503. The van der Waals surface area contributed by atoms with Gasteiger partial charge in [-0.1, -0.05) is 12.8 Å². The van der Waals surface area contributed by atoms with Crippen LogP contribution >= 0.6 is 0 Å². The molecule has 1 saturated carbocycles. The minimum absolute atomic E-state index is 0.138. The summed E-state index contributed by atoms with van der Waals surface area (Å²) in [6, 6.07) is 0.181. The minimum Gasteiger partial charge on any atom is -0.444 e. The quantitative estimate of drug-likeness (QED) is 0.695. The van der Waals surface area contributed by atoms with E-state index >= 15 is 0 Å². The zero-order chi connectivity index (χ0) is 12.2. The maximum absolute atomic E-state index is 11.9. The van der Waals surface area contributed by atoms with Crippen molar-refractivity contribution < 1.29 is 14.3 Å². The van der Waals surface area contributed by atoms with Crippen LogP contribution in [0.4, 0.5) is 4.79 Å². The lowest BCUT2D eigenvalue weighted by Gasteiger charge is -2.30. The second-order valence-corrected chi connectivity index (χ2v) is 5.24. The fourth-order valence-corrected chi connectivity index (χ4v) is 1.99. The van der Waals surface area contributed by atoms with Crippen molar-refractivity contribution in [2.75, 3.05) is 6.54 Å². The van der Waals surface area contributed by atoms with E-state index in [-0.39, 0.29) is 18.7 Å². The molecule has 0 bridgehead atoms. The predicted molar refractivity (Wildman–Crippen MR) is 61.3 cm³/mol. The van der Waals surface area contributed by atoms with Crippen molar-refractivity contribution >= 4 is 12.4 Å². The molecule has 0 aromatic rings. The molecule has 0 radical (unpaired) electrons. The summed E-state index contributed by atoms with van der Waals surface area (Å²) in [6.07, 6.45) is 4.61. The molecular formula is C12H21NO3. The Morgan fingerprint density at radius 2 is 1.94 bits per heavy atom. The molecule has 1 aliphatic rings. The first-order chi connectivity index (χ1) is 7.44. The van der Waals surface area contributed by atoms with Crippen molar-refractivity contribution in [1.29, 1.82) is 0 Å². The second-order valence-electron chi connectivity index (χ2n) is 5.24. The van der Waals surface area contributed by atoms with Gasteiger partial charge in [0.1, 0.15) is 11.9 Å². The Kier molecular flexibility index (Phi) is 4.33. The van der Waals surface area contributed by atoms with E-state index in [9.17, 15) is 9.59 Å². The molecule has 92 valence electrons. The molecule has 1 amide bonds. The lowest BCUT2D eigenvalue weighted by molar-refractivity contribution is -0.109. The number of hydrogen-bond donors (Lipinski definition) is 0. The second kappa shape index (κ2) is 5.32. The molecule has 0 atom stereocenters. The molecule has 0 heterocycles. The van der Waals surface area contributed by atoms with Crippen LogP contribution in [0.2, 0.25) is 0 Å². The van der Waals surface area contributed by atoms with Gasteiger partial charge >= 0.3 is 6.09 Å². The number of hydrogen-bond acceptors (Lipinski definition) is 3. The first kappa shape index (κ1) is 13.0. The van der Waals surface area contributed by atoms with Gasteiger partial charge in [0.25, 0.3) is 0 Å². The molecule has 0 aromatic carbocycles. The van der Waals surface area contributed by atoms with Gasteiger partial charge in [-0.05, 0) is 33.6 Å². The van der Waals surface area contributed by atoms with Crippen molar-refractivity contribution in [2.24, 2.45) is 0 Å². The van der Waals surface area contributed by atoms with E-state index in [1.165, 1.54) is 0 Å². The van der Waals surface area contributed by atoms with Crippen LogP contribution in [-0.4, -0.2) is 35.5 Å². The van der Waals surface area contributed by atoms with Crippen molar-refractivity contribution in [3.05, 3.63) is 0 Å². The van der Waals surface area contributed by atoms with Crippen LogP contribution in [0.1, 0.15) is 46.5 Å². The average Bonchev–Trinajstić information content (AvgIpc) is 2.63. The molecule has 0 N–H and O–H groups in total. The number of carbonyl (C=O) groups excluding carboxylic acids is 2.